The van der Waals surface area contributed by atoms with Crippen molar-refractivity contribution in [2.24, 2.45) is 4.99 Å². The van der Waals surface area contributed by atoms with Crippen LogP contribution in [0.4, 0.5) is 0 Å². The summed E-state index contributed by atoms with van der Waals surface area (Å²) in [7, 11) is 5.48. The smallest absolute Gasteiger partial charge is 0.0939 e. The van der Waals surface area contributed by atoms with E-state index in [0.717, 1.165) is 18.9 Å². The van der Waals surface area contributed by atoms with E-state index >= 15 is 0 Å². The zero-order chi connectivity index (χ0) is 15.6. The van der Waals surface area contributed by atoms with Crippen molar-refractivity contribution in [3.05, 3.63) is 71.8 Å². The maximum absolute atomic E-state index is 4.83. The fourth-order valence-corrected chi connectivity index (χ4v) is 2.79. The van der Waals surface area contributed by atoms with E-state index in [4.69, 9.17) is 4.99 Å². The van der Waals surface area contributed by atoms with Crippen molar-refractivity contribution in [2.75, 3.05) is 18.9 Å². The standard InChI is InChI=1S/C18H24N2P2/c21-13-11-19-17(15-7-3-1-4-8-15)18(20-12-14-22)16-9-5-2-6-10-16/h1-11,17-18,20H,12-14,21-22H2/b19-11+/t17?,18-/m0/s1. The molecule has 0 saturated heterocycles. The molecule has 2 nitrogen and oxygen atoms in total. The van der Waals surface area contributed by atoms with Crippen LogP contribution in [0.25, 0.3) is 0 Å². The van der Waals surface area contributed by atoms with Gasteiger partial charge in [-0.1, -0.05) is 60.7 Å². The molecule has 116 valence electrons. The van der Waals surface area contributed by atoms with Crippen molar-refractivity contribution < 1.29 is 0 Å². The molecular weight excluding hydrogens is 306 g/mol. The number of rotatable bonds is 8. The van der Waals surface area contributed by atoms with Crippen molar-refractivity contribution in [3.8, 4) is 0 Å². The Labute approximate surface area is 138 Å². The molecule has 2 aromatic carbocycles. The van der Waals surface area contributed by atoms with E-state index in [1.807, 2.05) is 12.3 Å². The second kappa shape index (κ2) is 9.85. The molecule has 2 aromatic rings. The van der Waals surface area contributed by atoms with Gasteiger partial charge in [0.05, 0.1) is 12.1 Å². The summed E-state index contributed by atoms with van der Waals surface area (Å²) in [5, 5.41) is 3.65. The third-order valence-corrected chi connectivity index (χ3v) is 4.00. The Morgan fingerprint density at radius 3 is 2.05 bits per heavy atom. The molecule has 0 aliphatic carbocycles. The number of nitrogens with zero attached hydrogens (tertiary/aromatic N) is 1. The van der Waals surface area contributed by atoms with Gasteiger partial charge in [-0.2, -0.15) is 0 Å². The van der Waals surface area contributed by atoms with E-state index < -0.39 is 0 Å². The van der Waals surface area contributed by atoms with Gasteiger partial charge in [-0.15, -0.1) is 18.5 Å². The van der Waals surface area contributed by atoms with Crippen LogP contribution in [0.1, 0.15) is 23.2 Å². The molecule has 0 aliphatic heterocycles. The van der Waals surface area contributed by atoms with E-state index in [0.29, 0.717) is 0 Å². The lowest BCUT2D eigenvalue weighted by atomic mass is 9.93. The van der Waals surface area contributed by atoms with Crippen molar-refractivity contribution in [3.63, 3.8) is 0 Å². The van der Waals surface area contributed by atoms with Crippen LogP contribution in [0, 0.1) is 0 Å². The zero-order valence-electron chi connectivity index (χ0n) is 12.7. The number of hydrogen-bond acceptors (Lipinski definition) is 2. The molecule has 0 radical (unpaired) electrons. The van der Waals surface area contributed by atoms with Gasteiger partial charge in [0.2, 0.25) is 0 Å². The van der Waals surface area contributed by atoms with Gasteiger partial charge in [0, 0.05) is 6.21 Å². The maximum atomic E-state index is 4.83. The normalized spacial score (nSPS) is 14.1. The first-order chi connectivity index (χ1) is 10.9. The third-order valence-electron chi connectivity index (χ3n) is 3.50. The highest BCUT2D eigenvalue weighted by Crippen LogP contribution is 2.32. The fraction of sp³-hybridized carbons (Fsp3) is 0.278. The quantitative estimate of drug-likeness (QED) is 0.576. The van der Waals surface area contributed by atoms with Crippen LogP contribution in [0.2, 0.25) is 0 Å². The maximum Gasteiger partial charge on any atom is 0.0939 e. The first-order valence-electron chi connectivity index (χ1n) is 7.62. The summed E-state index contributed by atoms with van der Waals surface area (Å²) < 4.78 is 0. The lowest BCUT2D eigenvalue weighted by Gasteiger charge is -2.26. The Kier molecular flexibility index (Phi) is 7.74. The molecule has 22 heavy (non-hydrogen) atoms. The Morgan fingerprint density at radius 2 is 1.50 bits per heavy atom. The largest absolute Gasteiger partial charge is 0.308 e. The van der Waals surface area contributed by atoms with E-state index in [1.54, 1.807) is 0 Å². The third kappa shape index (κ3) is 4.99. The SMILES string of the molecule is PC/C=N/C(c1ccccc1)[C@@H](NCCP)c1ccccc1. The van der Waals surface area contributed by atoms with Gasteiger partial charge in [-0.3, -0.25) is 4.99 Å². The highest BCUT2D eigenvalue weighted by molar-refractivity contribution is 7.17. The molecule has 0 saturated carbocycles. The summed E-state index contributed by atoms with van der Waals surface area (Å²) in [4.78, 5) is 4.83. The number of aliphatic imine (C=N–C) groups is 1. The van der Waals surface area contributed by atoms with Gasteiger partial charge in [0.25, 0.3) is 0 Å². The van der Waals surface area contributed by atoms with Gasteiger partial charge in [-0.05, 0) is 30.0 Å². The summed E-state index contributed by atoms with van der Waals surface area (Å²) in [6, 6.07) is 21.4. The molecule has 2 rings (SSSR count). The second-order valence-electron chi connectivity index (χ2n) is 5.05. The van der Waals surface area contributed by atoms with Crippen LogP contribution in [-0.2, 0) is 0 Å². The van der Waals surface area contributed by atoms with E-state index in [2.05, 4.69) is 78.4 Å². The van der Waals surface area contributed by atoms with Gasteiger partial charge < -0.3 is 5.32 Å². The minimum atomic E-state index is 0.0840. The predicted molar refractivity (Wildman–Crippen MR) is 104 cm³/mol. The lowest BCUT2D eigenvalue weighted by Crippen LogP contribution is -2.28. The van der Waals surface area contributed by atoms with Crippen LogP contribution >= 0.6 is 18.5 Å². The molecular formula is C18H24N2P2. The summed E-state index contributed by atoms with van der Waals surface area (Å²) in [5.41, 5.74) is 2.51. The van der Waals surface area contributed by atoms with Crippen molar-refractivity contribution in [1.82, 2.24) is 5.32 Å². The van der Waals surface area contributed by atoms with Crippen LogP contribution in [0.15, 0.2) is 65.7 Å². The monoisotopic (exact) mass is 330 g/mol. The van der Waals surface area contributed by atoms with Gasteiger partial charge in [-0.25, -0.2) is 0 Å². The van der Waals surface area contributed by atoms with E-state index in [1.165, 1.54) is 11.1 Å². The molecule has 3 unspecified atom stereocenters. The number of nitrogens with one attached hydrogen (secondary N) is 1. The Hall–Kier alpha value is -1.07. The summed E-state index contributed by atoms with van der Waals surface area (Å²) >= 11 is 0. The molecule has 0 spiro atoms. The average Bonchev–Trinajstić information content (AvgIpc) is 2.59. The van der Waals surface area contributed by atoms with Crippen LogP contribution in [0.3, 0.4) is 0 Å². The Morgan fingerprint density at radius 1 is 0.909 bits per heavy atom. The minimum Gasteiger partial charge on any atom is -0.308 e. The summed E-state index contributed by atoms with van der Waals surface area (Å²) in [6.07, 6.45) is 3.88. The predicted octanol–water partition coefficient (Wildman–Crippen LogP) is 3.88. The van der Waals surface area contributed by atoms with Crippen molar-refractivity contribution in [1.29, 1.82) is 0 Å². The molecule has 0 bridgehead atoms. The average molecular weight is 330 g/mol. The van der Waals surface area contributed by atoms with Crippen molar-refractivity contribution in [2.45, 2.75) is 12.1 Å². The highest BCUT2D eigenvalue weighted by Gasteiger charge is 2.23. The Balaban J connectivity index is 2.36. The number of hydrogen-bond donors (Lipinski definition) is 1. The molecule has 0 amide bonds. The van der Waals surface area contributed by atoms with E-state index in [9.17, 15) is 0 Å². The number of benzene rings is 2. The van der Waals surface area contributed by atoms with Crippen molar-refractivity contribution >= 4 is 24.7 Å². The molecule has 0 heterocycles. The van der Waals surface area contributed by atoms with E-state index in [-0.39, 0.29) is 12.1 Å². The minimum absolute atomic E-state index is 0.0840. The molecule has 0 aromatic heterocycles. The second-order valence-corrected chi connectivity index (χ2v) is 6.10. The molecule has 0 fully saturated rings. The molecule has 4 heteroatoms. The summed E-state index contributed by atoms with van der Waals surface area (Å²) in [6.45, 7) is 0.948. The van der Waals surface area contributed by atoms with Crippen LogP contribution in [0.5, 0.6) is 0 Å². The van der Waals surface area contributed by atoms with Gasteiger partial charge in [0.1, 0.15) is 0 Å². The highest BCUT2D eigenvalue weighted by atomic mass is 31.0. The molecule has 4 atom stereocenters. The van der Waals surface area contributed by atoms with Crippen LogP contribution < -0.4 is 5.32 Å². The fourth-order valence-electron chi connectivity index (χ4n) is 2.50. The van der Waals surface area contributed by atoms with Gasteiger partial charge >= 0.3 is 0 Å². The summed E-state index contributed by atoms with van der Waals surface area (Å²) in [5.74, 6) is 0. The lowest BCUT2D eigenvalue weighted by molar-refractivity contribution is 0.469. The zero-order valence-corrected chi connectivity index (χ0v) is 15.0. The first-order valence-corrected chi connectivity index (χ1v) is 9.25. The van der Waals surface area contributed by atoms with Gasteiger partial charge in [0.15, 0.2) is 0 Å². The Bertz CT molecular complexity index is 558. The first kappa shape index (κ1) is 17.3. The molecule has 0 aliphatic rings. The molecule has 1 N–H and O–H groups in total. The van der Waals surface area contributed by atoms with Crippen LogP contribution in [-0.4, -0.2) is 25.1 Å². The topological polar surface area (TPSA) is 24.4 Å².